The molecule has 4 fully saturated rings. The Bertz CT molecular complexity index is 1470. The first-order chi connectivity index (χ1) is 24.6. The molecule has 0 heterocycles. The molecule has 0 spiro atoms. The maximum Gasteiger partial charge on any atom is 0.331 e. The van der Waals surface area contributed by atoms with Gasteiger partial charge in [0.1, 0.15) is 11.4 Å². The van der Waals surface area contributed by atoms with Crippen LogP contribution in [0.15, 0.2) is 72.8 Å². The summed E-state index contributed by atoms with van der Waals surface area (Å²) in [6, 6.07) is 14.8. The van der Waals surface area contributed by atoms with Gasteiger partial charge in [0, 0.05) is 18.1 Å². The SMILES string of the molecule is CCCCCC=CC/C=C/CCCCCCCC(=O)Oc1ccc(-c2ccc(C=CC(=O)OC(C)(C)C)cc2)cc1C12CC3CC(CC(C3)C1)C2. The van der Waals surface area contributed by atoms with Gasteiger partial charge in [0.15, 0.2) is 0 Å². The van der Waals surface area contributed by atoms with Crippen LogP contribution in [0.3, 0.4) is 0 Å². The van der Waals surface area contributed by atoms with Crippen LogP contribution in [0.5, 0.6) is 5.75 Å². The Kier molecular flexibility index (Phi) is 14.4. The number of hydrogen-bond acceptors (Lipinski definition) is 4. The maximum absolute atomic E-state index is 13.2. The predicted octanol–water partition coefficient (Wildman–Crippen LogP) is 12.9. The van der Waals surface area contributed by atoms with Crippen molar-refractivity contribution >= 4 is 18.0 Å². The monoisotopic (exact) mass is 692 g/mol. The Morgan fingerprint density at radius 3 is 1.96 bits per heavy atom. The second-order valence-corrected chi connectivity index (χ2v) is 16.9. The molecule has 4 saturated carbocycles. The molecule has 0 N–H and O–H groups in total. The molecule has 0 atom stereocenters. The van der Waals surface area contributed by atoms with Crippen molar-refractivity contribution in [3.63, 3.8) is 0 Å². The topological polar surface area (TPSA) is 52.6 Å². The van der Waals surface area contributed by atoms with Gasteiger partial charge >= 0.3 is 11.9 Å². The van der Waals surface area contributed by atoms with Crippen molar-refractivity contribution < 1.29 is 19.1 Å². The van der Waals surface area contributed by atoms with Crippen LogP contribution >= 0.6 is 0 Å². The van der Waals surface area contributed by atoms with Gasteiger partial charge in [-0.3, -0.25) is 4.79 Å². The lowest BCUT2D eigenvalue weighted by Gasteiger charge is -2.57. The number of hydrogen-bond donors (Lipinski definition) is 0. The molecule has 6 rings (SSSR count). The molecule has 4 nitrogen and oxygen atoms in total. The van der Waals surface area contributed by atoms with Crippen LogP contribution in [0.1, 0.15) is 154 Å². The van der Waals surface area contributed by atoms with Crippen LogP contribution in [0.4, 0.5) is 0 Å². The van der Waals surface area contributed by atoms with E-state index in [4.69, 9.17) is 9.47 Å². The largest absolute Gasteiger partial charge is 0.457 e. The van der Waals surface area contributed by atoms with Gasteiger partial charge < -0.3 is 9.47 Å². The molecule has 0 saturated heterocycles. The van der Waals surface area contributed by atoms with Crippen LogP contribution in [-0.4, -0.2) is 17.5 Å². The zero-order valence-corrected chi connectivity index (χ0v) is 32.1. The van der Waals surface area contributed by atoms with Gasteiger partial charge in [-0.2, -0.15) is 0 Å². The Morgan fingerprint density at radius 2 is 1.33 bits per heavy atom. The van der Waals surface area contributed by atoms with Crippen molar-refractivity contribution in [1.82, 2.24) is 0 Å². The molecule has 2 aromatic rings. The van der Waals surface area contributed by atoms with Crippen LogP contribution < -0.4 is 4.74 Å². The molecule has 0 amide bonds. The summed E-state index contributed by atoms with van der Waals surface area (Å²) in [6.07, 6.45) is 33.6. The summed E-state index contributed by atoms with van der Waals surface area (Å²) in [6.45, 7) is 7.86. The zero-order chi connectivity index (χ0) is 36.1. The number of unbranched alkanes of at least 4 members (excludes halogenated alkanes) is 8. The Labute approximate surface area is 309 Å². The highest BCUT2D eigenvalue weighted by Crippen LogP contribution is 2.62. The van der Waals surface area contributed by atoms with Crippen LogP contribution in [-0.2, 0) is 19.7 Å². The summed E-state index contributed by atoms with van der Waals surface area (Å²) in [5, 5.41) is 0. The molecule has 0 unspecified atom stereocenters. The molecular formula is C47H64O4. The quantitative estimate of drug-likeness (QED) is 0.0483. The van der Waals surface area contributed by atoms with Crippen LogP contribution in [0, 0.1) is 17.8 Å². The minimum absolute atomic E-state index is 0.0967. The lowest BCUT2D eigenvalue weighted by atomic mass is 9.48. The summed E-state index contributed by atoms with van der Waals surface area (Å²) < 4.78 is 11.7. The highest BCUT2D eigenvalue weighted by molar-refractivity contribution is 5.87. The fourth-order valence-corrected chi connectivity index (χ4v) is 9.19. The fourth-order valence-electron chi connectivity index (χ4n) is 9.19. The third-order valence-electron chi connectivity index (χ3n) is 11.2. The number of ether oxygens (including phenoxy) is 2. The Balaban J connectivity index is 1.15. The second kappa shape index (κ2) is 18.9. The van der Waals surface area contributed by atoms with Gasteiger partial charge in [-0.25, -0.2) is 4.79 Å². The molecule has 4 aliphatic carbocycles. The molecule has 276 valence electrons. The molecule has 2 aromatic carbocycles. The van der Waals surface area contributed by atoms with E-state index >= 15 is 0 Å². The Morgan fingerprint density at radius 1 is 0.745 bits per heavy atom. The summed E-state index contributed by atoms with van der Waals surface area (Å²) in [7, 11) is 0. The average Bonchev–Trinajstić information content (AvgIpc) is 3.08. The number of carbonyl (C=O) groups is 2. The molecular weight excluding hydrogens is 629 g/mol. The normalized spacial score (nSPS) is 22.8. The van der Waals surface area contributed by atoms with E-state index in [9.17, 15) is 9.59 Å². The molecule has 4 aliphatic rings. The van der Waals surface area contributed by atoms with Crippen molar-refractivity contribution in [1.29, 1.82) is 0 Å². The van der Waals surface area contributed by atoms with Gasteiger partial charge in [-0.05, 0) is 156 Å². The van der Waals surface area contributed by atoms with E-state index in [1.807, 2.05) is 32.9 Å². The first kappa shape index (κ1) is 38.8. The third kappa shape index (κ3) is 12.1. The highest BCUT2D eigenvalue weighted by Gasteiger charge is 2.52. The predicted molar refractivity (Wildman–Crippen MR) is 212 cm³/mol. The molecule has 0 aromatic heterocycles. The second-order valence-electron chi connectivity index (χ2n) is 16.9. The molecule has 0 radical (unpaired) electrons. The summed E-state index contributed by atoms with van der Waals surface area (Å²) in [5.41, 5.74) is 4.07. The third-order valence-corrected chi connectivity index (χ3v) is 11.2. The van der Waals surface area contributed by atoms with Crippen molar-refractivity contribution in [2.24, 2.45) is 17.8 Å². The standard InChI is InChI=1S/C47H64O4/c1-5-6-7-8-9-10-11-12-13-14-15-16-17-18-19-20-44(48)50-43-27-26-41(32-42(43)47-33-37-29-38(34-47)31-39(30-37)35-47)40-24-21-36(22-25-40)23-28-45(49)51-46(2,3)4/h9-10,12-13,21-28,32,37-39H,5-8,11,14-20,29-31,33-35H2,1-4H3/b10-9?,13-12+,28-23?. The van der Waals surface area contributed by atoms with E-state index in [1.165, 1.54) is 95.1 Å². The van der Waals surface area contributed by atoms with Gasteiger partial charge in [0.2, 0.25) is 0 Å². The minimum Gasteiger partial charge on any atom is -0.457 e. The fraction of sp³-hybridized carbons (Fsp3) is 0.574. The van der Waals surface area contributed by atoms with Crippen LogP contribution in [0.25, 0.3) is 17.2 Å². The molecule has 0 aliphatic heterocycles. The van der Waals surface area contributed by atoms with Crippen molar-refractivity contribution in [3.8, 4) is 16.9 Å². The minimum atomic E-state index is -0.511. The van der Waals surface area contributed by atoms with Gasteiger partial charge in [-0.1, -0.05) is 93.7 Å². The molecule has 51 heavy (non-hydrogen) atoms. The zero-order valence-electron chi connectivity index (χ0n) is 32.1. The summed E-state index contributed by atoms with van der Waals surface area (Å²) >= 11 is 0. The van der Waals surface area contributed by atoms with E-state index in [2.05, 4.69) is 61.6 Å². The molecule has 4 bridgehead atoms. The van der Waals surface area contributed by atoms with Gasteiger partial charge in [0.25, 0.3) is 0 Å². The van der Waals surface area contributed by atoms with Crippen molar-refractivity contribution in [2.75, 3.05) is 0 Å². The van der Waals surface area contributed by atoms with Gasteiger partial charge in [-0.15, -0.1) is 0 Å². The Hall–Kier alpha value is -3.40. The summed E-state index contributed by atoms with van der Waals surface area (Å²) in [5.74, 6) is 2.74. The number of esters is 2. The number of allylic oxidation sites excluding steroid dienone is 4. The van der Waals surface area contributed by atoms with E-state index in [-0.39, 0.29) is 17.4 Å². The van der Waals surface area contributed by atoms with Gasteiger partial charge in [0.05, 0.1) is 0 Å². The van der Waals surface area contributed by atoms with Crippen molar-refractivity contribution in [2.45, 2.75) is 154 Å². The number of benzene rings is 2. The lowest BCUT2D eigenvalue weighted by Crippen LogP contribution is -2.48. The molecule has 4 heteroatoms. The van der Waals surface area contributed by atoms with E-state index in [0.29, 0.717) is 6.42 Å². The first-order valence-corrected chi connectivity index (χ1v) is 20.3. The van der Waals surface area contributed by atoms with Crippen molar-refractivity contribution in [3.05, 3.63) is 84.0 Å². The lowest BCUT2D eigenvalue weighted by molar-refractivity contribution is -0.148. The van der Waals surface area contributed by atoms with E-state index in [1.54, 1.807) is 6.08 Å². The highest BCUT2D eigenvalue weighted by atomic mass is 16.6. The number of rotatable bonds is 19. The van der Waals surface area contributed by atoms with E-state index in [0.717, 1.165) is 65.9 Å². The average molecular weight is 693 g/mol. The number of carbonyl (C=O) groups excluding carboxylic acids is 2. The maximum atomic E-state index is 13.2. The summed E-state index contributed by atoms with van der Waals surface area (Å²) in [4.78, 5) is 25.4. The van der Waals surface area contributed by atoms with Crippen LogP contribution in [0.2, 0.25) is 0 Å². The smallest absolute Gasteiger partial charge is 0.331 e. The van der Waals surface area contributed by atoms with E-state index < -0.39 is 5.60 Å². The first-order valence-electron chi connectivity index (χ1n) is 20.3.